The fraction of sp³-hybridized carbons (Fsp3) is 0.423. The number of primary amides is 1. The second kappa shape index (κ2) is 10.8. The third kappa shape index (κ3) is 5.28. The molecule has 1 heterocycles. The maximum atomic E-state index is 14.1. The molecule has 2 aromatic rings. The van der Waals surface area contributed by atoms with Crippen LogP contribution in [0.2, 0.25) is 0 Å². The van der Waals surface area contributed by atoms with Gasteiger partial charge in [-0.1, -0.05) is 55.3 Å². The number of nitrogens with one attached hydrogen (secondary N) is 1. The topological polar surface area (TPSA) is 95.7 Å². The molecular weight excluding hydrogens is 435 g/mol. The maximum absolute atomic E-state index is 14.1. The van der Waals surface area contributed by atoms with Crippen LogP contribution < -0.4 is 11.1 Å². The zero-order valence-corrected chi connectivity index (χ0v) is 19.2. The normalized spacial score (nSPS) is 22.1. The van der Waals surface area contributed by atoms with Gasteiger partial charge in [-0.15, -0.1) is 0 Å². The number of hydrogen-bond acceptors (Lipinski definition) is 4. The Bertz CT molecular complexity index is 1020. The minimum Gasteiger partial charge on any atom is -0.368 e. The Kier molecular flexibility index (Phi) is 7.57. The molecule has 7 nitrogen and oxygen atoms in total. The predicted octanol–water partition coefficient (Wildman–Crippen LogP) is 2.49. The Morgan fingerprint density at radius 3 is 2.24 bits per heavy atom. The molecule has 0 aromatic heterocycles. The van der Waals surface area contributed by atoms with Gasteiger partial charge in [0.25, 0.3) is 5.91 Å². The summed E-state index contributed by atoms with van der Waals surface area (Å²) in [6.07, 6.45) is 3.60. The van der Waals surface area contributed by atoms with Crippen LogP contribution >= 0.6 is 0 Å². The maximum Gasteiger partial charge on any atom is 0.256 e. The lowest BCUT2D eigenvalue weighted by atomic mass is 9.82. The fourth-order valence-corrected chi connectivity index (χ4v) is 5.13. The Hall–Kier alpha value is -3.26. The van der Waals surface area contributed by atoms with E-state index in [-0.39, 0.29) is 29.3 Å². The Morgan fingerprint density at radius 2 is 1.56 bits per heavy atom. The molecule has 3 atom stereocenters. The highest BCUT2D eigenvalue weighted by Crippen LogP contribution is 2.30. The molecule has 2 aliphatic rings. The van der Waals surface area contributed by atoms with Crippen LogP contribution in [0.25, 0.3) is 0 Å². The number of nitrogens with two attached hydrogens (primary N) is 1. The SMILES string of the molecule is NC(=O)[C@@H](NC(=O)[C@@H]1CCCC[C@H]1N1CCN(C(=O)c2ccccc2F)CC1)c1ccccc1. The van der Waals surface area contributed by atoms with Crippen molar-refractivity contribution < 1.29 is 18.8 Å². The van der Waals surface area contributed by atoms with Crippen LogP contribution in [-0.4, -0.2) is 59.7 Å². The lowest BCUT2D eigenvalue weighted by Gasteiger charge is -2.44. The van der Waals surface area contributed by atoms with E-state index in [1.165, 1.54) is 12.1 Å². The molecule has 2 aromatic carbocycles. The van der Waals surface area contributed by atoms with E-state index in [1.54, 1.807) is 29.2 Å². The molecule has 34 heavy (non-hydrogen) atoms. The van der Waals surface area contributed by atoms with Crippen molar-refractivity contribution in [1.29, 1.82) is 0 Å². The van der Waals surface area contributed by atoms with E-state index in [9.17, 15) is 18.8 Å². The molecule has 4 rings (SSSR count). The molecule has 180 valence electrons. The smallest absolute Gasteiger partial charge is 0.256 e. The molecule has 1 aliphatic carbocycles. The lowest BCUT2D eigenvalue weighted by Crippen LogP contribution is -2.56. The summed E-state index contributed by atoms with van der Waals surface area (Å²) >= 11 is 0. The highest BCUT2D eigenvalue weighted by atomic mass is 19.1. The average Bonchev–Trinajstić information content (AvgIpc) is 2.87. The van der Waals surface area contributed by atoms with Gasteiger partial charge < -0.3 is 16.0 Å². The van der Waals surface area contributed by atoms with Gasteiger partial charge in [0, 0.05) is 32.2 Å². The minimum atomic E-state index is -0.869. The van der Waals surface area contributed by atoms with E-state index in [0.717, 1.165) is 25.7 Å². The van der Waals surface area contributed by atoms with Gasteiger partial charge in [-0.25, -0.2) is 4.39 Å². The number of benzene rings is 2. The number of carbonyl (C=O) groups is 3. The molecule has 1 aliphatic heterocycles. The highest BCUT2D eigenvalue weighted by Gasteiger charge is 2.38. The Balaban J connectivity index is 1.40. The highest BCUT2D eigenvalue weighted by molar-refractivity contribution is 5.94. The molecule has 1 saturated heterocycles. The van der Waals surface area contributed by atoms with E-state index in [1.807, 2.05) is 18.2 Å². The quantitative estimate of drug-likeness (QED) is 0.684. The average molecular weight is 467 g/mol. The summed E-state index contributed by atoms with van der Waals surface area (Å²) in [7, 11) is 0. The van der Waals surface area contributed by atoms with Crippen molar-refractivity contribution in [2.75, 3.05) is 26.2 Å². The largest absolute Gasteiger partial charge is 0.368 e. The van der Waals surface area contributed by atoms with Crippen molar-refractivity contribution in [2.45, 2.75) is 37.8 Å². The van der Waals surface area contributed by atoms with Gasteiger partial charge in [0.1, 0.15) is 11.9 Å². The number of rotatable bonds is 6. The monoisotopic (exact) mass is 466 g/mol. The third-order valence-corrected chi connectivity index (χ3v) is 6.95. The van der Waals surface area contributed by atoms with Crippen LogP contribution in [0.4, 0.5) is 4.39 Å². The van der Waals surface area contributed by atoms with Crippen LogP contribution in [0.3, 0.4) is 0 Å². The number of piperazine rings is 1. The van der Waals surface area contributed by atoms with Gasteiger partial charge in [-0.3, -0.25) is 19.3 Å². The minimum absolute atomic E-state index is 0.0313. The van der Waals surface area contributed by atoms with Crippen molar-refractivity contribution in [3.05, 3.63) is 71.5 Å². The van der Waals surface area contributed by atoms with Crippen molar-refractivity contribution in [1.82, 2.24) is 15.1 Å². The first-order valence-corrected chi connectivity index (χ1v) is 11.9. The second-order valence-electron chi connectivity index (χ2n) is 9.02. The molecular formula is C26H31FN4O3. The van der Waals surface area contributed by atoms with E-state index >= 15 is 0 Å². The van der Waals surface area contributed by atoms with Gasteiger partial charge in [-0.2, -0.15) is 0 Å². The molecule has 0 bridgehead atoms. The number of hydrogen-bond donors (Lipinski definition) is 2. The van der Waals surface area contributed by atoms with Gasteiger partial charge in [0.2, 0.25) is 11.8 Å². The first-order chi connectivity index (χ1) is 16.5. The third-order valence-electron chi connectivity index (χ3n) is 6.95. The summed E-state index contributed by atoms with van der Waals surface area (Å²) in [6.45, 7) is 2.19. The first kappa shape index (κ1) is 23.9. The molecule has 3 amide bonds. The summed E-state index contributed by atoms with van der Waals surface area (Å²) in [4.78, 5) is 42.0. The zero-order chi connectivity index (χ0) is 24.1. The zero-order valence-electron chi connectivity index (χ0n) is 19.2. The molecule has 0 unspecified atom stereocenters. The summed E-state index contributed by atoms with van der Waals surface area (Å²) < 4.78 is 14.1. The van der Waals surface area contributed by atoms with Crippen LogP contribution in [0.5, 0.6) is 0 Å². The number of nitrogens with zero attached hydrogens (tertiary/aromatic N) is 2. The number of halogens is 1. The standard InChI is InChI=1S/C26H31FN4O3/c27-21-12-6-4-10-19(21)26(34)31-16-14-30(15-17-31)22-13-7-5-11-20(22)25(33)29-23(24(28)32)18-8-2-1-3-9-18/h1-4,6,8-10,12,20,22-23H,5,7,11,13-17H2,(H2,28,32)(H,29,33)/t20-,22-,23+/m1/s1. The van der Waals surface area contributed by atoms with Gasteiger partial charge in [-0.05, 0) is 30.5 Å². The lowest BCUT2D eigenvalue weighted by molar-refractivity contribution is -0.133. The predicted molar refractivity (Wildman–Crippen MR) is 126 cm³/mol. The number of carbonyl (C=O) groups excluding carboxylic acids is 3. The summed E-state index contributed by atoms with van der Waals surface area (Å²) in [5.41, 5.74) is 6.35. The van der Waals surface area contributed by atoms with E-state index in [4.69, 9.17) is 5.73 Å². The Labute approximate surface area is 199 Å². The summed E-state index contributed by atoms with van der Waals surface area (Å²) in [5, 5.41) is 2.88. The van der Waals surface area contributed by atoms with E-state index < -0.39 is 17.8 Å². The molecule has 3 N–H and O–H groups in total. The molecule has 2 fully saturated rings. The van der Waals surface area contributed by atoms with Crippen LogP contribution in [-0.2, 0) is 9.59 Å². The molecule has 1 saturated carbocycles. The first-order valence-electron chi connectivity index (χ1n) is 11.9. The fourth-order valence-electron chi connectivity index (χ4n) is 5.13. The Morgan fingerprint density at radius 1 is 0.912 bits per heavy atom. The van der Waals surface area contributed by atoms with E-state index in [2.05, 4.69) is 10.2 Å². The summed E-state index contributed by atoms with van der Waals surface area (Å²) in [5.74, 6) is -1.83. The molecule has 8 heteroatoms. The van der Waals surface area contributed by atoms with Crippen LogP contribution in [0.15, 0.2) is 54.6 Å². The van der Waals surface area contributed by atoms with Gasteiger partial charge >= 0.3 is 0 Å². The number of amides is 3. The van der Waals surface area contributed by atoms with Crippen LogP contribution in [0, 0.1) is 11.7 Å². The van der Waals surface area contributed by atoms with Crippen molar-refractivity contribution in [3.63, 3.8) is 0 Å². The van der Waals surface area contributed by atoms with Crippen molar-refractivity contribution >= 4 is 17.7 Å². The molecule has 0 radical (unpaired) electrons. The van der Waals surface area contributed by atoms with Crippen LogP contribution in [0.1, 0.15) is 47.6 Å². The molecule has 0 spiro atoms. The van der Waals surface area contributed by atoms with Gasteiger partial charge in [0.05, 0.1) is 11.5 Å². The van der Waals surface area contributed by atoms with E-state index in [0.29, 0.717) is 31.7 Å². The summed E-state index contributed by atoms with van der Waals surface area (Å²) in [6, 6.07) is 14.2. The van der Waals surface area contributed by atoms with Gasteiger partial charge in [0.15, 0.2) is 0 Å². The van der Waals surface area contributed by atoms with Crippen molar-refractivity contribution in [3.8, 4) is 0 Å². The second-order valence-corrected chi connectivity index (χ2v) is 9.02. The van der Waals surface area contributed by atoms with Crippen molar-refractivity contribution in [2.24, 2.45) is 11.7 Å².